The molecule has 0 saturated carbocycles. The number of esters is 2. The van der Waals surface area contributed by atoms with E-state index in [1.54, 1.807) is 48.8 Å². The number of aromatic amines is 2. The molecule has 2 heterocycles. The third-order valence-corrected chi connectivity index (χ3v) is 6.75. The maximum atomic E-state index is 12.9. The minimum atomic E-state index is -0.439. The molecule has 0 unspecified atom stereocenters. The Kier molecular flexibility index (Phi) is 7.07. The van der Waals surface area contributed by atoms with Gasteiger partial charge in [0.25, 0.3) is 0 Å². The van der Waals surface area contributed by atoms with Crippen molar-refractivity contribution in [2.24, 2.45) is 0 Å². The van der Waals surface area contributed by atoms with Crippen molar-refractivity contribution in [1.29, 1.82) is 0 Å². The van der Waals surface area contributed by atoms with Crippen LogP contribution in [0.3, 0.4) is 0 Å². The molecule has 0 radical (unpaired) electrons. The van der Waals surface area contributed by atoms with E-state index in [1.165, 1.54) is 6.07 Å². The van der Waals surface area contributed by atoms with E-state index >= 15 is 0 Å². The second-order valence-corrected chi connectivity index (χ2v) is 9.68. The molecule has 0 fully saturated rings. The number of carbonyl (C=O) groups is 2. The number of H-pyrrole nitrogens is 2. The molecule has 7 heteroatoms. The maximum Gasteiger partial charge on any atom is 0.315 e. The standard InChI is InChI=1S/C34H26N2O5/c37-26-13-11-22(12-14-26)9-10-23-15-27(40-33(38)17-24-20-35-31-7-3-1-5-29(24)31)19-28(16-23)41-34(39)18-25-21-36-32-8-4-2-6-30(25)32/h1-16,19-21,35-37H,17-18H2/b10-9+. The molecule has 0 saturated heterocycles. The minimum Gasteiger partial charge on any atom is -0.508 e. The molecule has 2 aromatic heterocycles. The molecule has 0 aliphatic carbocycles. The summed E-state index contributed by atoms with van der Waals surface area (Å²) in [6.45, 7) is 0. The summed E-state index contributed by atoms with van der Waals surface area (Å²) in [5.41, 5.74) is 5.09. The summed E-state index contributed by atoms with van der Waals surface area (Å²) in [7, 11) is 0. The Balaban J connectivity index is 1.23. The average molecular weight is 543 g/mol. The van der Waals surface area contributed by atoms with Gasteiger partial charge in [-0.15, -0.1) is 0 Å². The number of phenols is 1. The minimum absolute atomic E-state index is 0.0767. The smallest absolute Gasteiger partial charge is 0.315 e. The van der Waals surface area contributed by atoms with Crippen molar-refractivity contribution in [2.75, 3.05) is 0 Å². The van der Waals surface area contributed by atoms with E-state index in [-0.39, 0.29) is 30.1 Å². The van der Waals surface area contributed by atoms with Crippen LogP contribution in [-0.4, -0.2) is 27.0 Å². The van der Waals surface area contributed by atoms with Crippen LogP contribution in [0.15, 0.2) is 103 Å². The molecule has 0 aliphatic heterocycles. The van der Waals surface area contributed by atoms with Gasteiger partial charge in [0.05, 0.1) is 12.8 Å². The summed E-state index contributed by atoms with van der Waals surface area (Å²) in [4.78, 5) is 32.2. The number of para-hydroxylation sites is 2. The highest BCUT2D eigenvalue weighted by Crippen LogP contribution is 2.27. The summed E-state index contributed by atoms with van der Waals surface area (Å²) >= 11 is 0. The van der Waals surface area contributed by atoms with Gasteiger partial charge in [0.1, 0.15) is 17.2 Å². The van der Waals surface area contributed by atoms with Crippen molar-refractivity contribution in [2.45, 2.75) is 12.8 Å². The van der Waals surface area contributed by atoms with Crippen molar-refractivity contribution >= 4 is 45.9 Å². The Bertz CT molecular complexity index is 1790. The van der Waals surface area contributed by atoms with Crippen LogP contribution in [0.1, 0.15) is 22.3 Å². The van der Waals surface area contributed by atoms with E-state index in [2.05, 4.69) is 9.97 Å². The molecule has 7 nitrogen and oxygen atoms in total. The number of rotatable bonds is 8. The number of hydrogen-bond acceptors (Lipinski definition) is 5. The lowest BCUT2D eigenvalue weighted by Gasteiger charge is -2.10. The van der Waals surface area contributed by atoms with Gasteiger partial charge in [-0.05, 0) is 58.7 Å². The number of aromatic hydroxyl groups is 1. The molecule has 3 N–H and O–H groups in total. The number of benzene rings is 4. The fourth-order valence-corrected chi connectivity index (χ4v) is 4.79. The van der Waals surface area contributed by atoms with Crippen LogP contribution in [-0.2, 0) is 22.4 Å². The highest BCUT2D eigenvalue weighted by atomic mass is 16.5. The largest absolute Gasteiger partial charge is 0.508 e. The summed E-state index contributed by atoms with van der Waals surface area (Å²) in [6, 6.07) is 27.2. The Morgan fingerprint density at radius 3 is 1.66 bits per heavy atom. The Hall–Kier alpha value is -5.56. The van der Waals surface area contributed by atoms with Crippen molar-refractivity contribution < 1.29 is 24.2 Å². The molecule has 202 valence electrons. The molecule has 6 rings (SSSR count). The average Bonchev–Trinajstić information content (AvgIpc) is 3.57. The molecule has 0 spiro atoms. The fourth-order valence-electron chi connectivity index (χ4n) is 4.79. The first-order valence-corrected chi connectivity index (χ1v) is 13.1. The summed E-state index contributed by atoms with van der Waals surface area (Å²) < 4.78 is 11.4. The Morgan fingerprint density at radius 1 is 0.634 bits per heavy atom. The van der Waals surface area contributed by atoms with Crippen LogP contribution in [0, 0.1) is 0 Å². The zero-order valence-electron chi connectivity index (χ0n) is 22.0. The molecule has 41 heavy (non-hydrogen) atoms. The first-order valence-electron chi connectivity index (χ1n) is 13.1. The molecule has 0 bridgehead atoms. The number of nitrogens with one attached hydrogen (secondary N) is 2. The van der Waals surface area contributed by atoms with Crippen molar-refractivity contribution in [3.63, 3.8) is 0 Å². The predicted octanol–water partition coefficient (Wildman–Crippen LogP) is 6.82. The lowest BCUT2D eigenvalue weighted by molar-refractivity contribution is -0.134. The lowest BCUT2D eigenvalue weighted by atomic mass is 10.1. The van der Waals surface area contributed by atoms with Crippen LogP contribution in [0.4, 0.5) is 0 Å². The first-order chi connectivity index (χ1) is 20.0. The van der Waals surface area contributed by atoms with Gasteiger partial charge >= 0.3 is 11.9 Å². The predicted molar refractivity (Wildman–Crippen MR) is 159 cm³/mol. The van der Waals surface area contributed by atoms with E-state index in [1.807, 2.05) is 60.7 Å². The SMILES string of the molecule is O=C(Cc1c[nH]c2ccccc12)Oc1cc(/C=C/c2ccc(O)cc2)cc(OC(=O)Cc2c[nH]c3ccccc23)c1. The summed E-state index contributed by atoms with van der Waals surface area (Å²) in [5, 5.41) is 11.5. The summed E-state index contributed by atoms with van der Waals surface area (Å²) in [5.74, 6) is -0.179. The van der Waals surface area contributed by atoms with E-state index < -0.39 is 11.9 Å². The summed E-state index contributed by atoms with van der Waals surface area (Å²) in [6.07, 6.45) is 7.44. The van der Waals surface area contributed by atoms with E-state index in [0.717, 1.165) is 38.5 Å². The number of aromatic nitrogens is 2. The monoisotopic (exact) mass is 542 g/mol. The van der Waals surface area contributed by atoms with Gasteiger partial charge in [-0.25, -0.2) is 0 Å². The molecule has 0 atom stereocenters. The van der Waals surface area contributed by atoms with Crippen LogP contribution in [0.25, 0.3) is 34.0 Å². The third-order valence-electron chi connectivity index (χ3n) is 6.75. The van der Waals surface area contributed by atoms with Crippen molar-refractivity contribution in [1.82, 2.24) is 9.97 Å². The number of ether oxygens (including phenoxy) is 2. The Labute approximate surface area is 235 Å². The van der Waals surface area contributed by atoms with Gasteiger partial charge in [0, 0.05) is 40.3 Å². The number of fused-ring (bicyclic) bond motifs is 2. The second kappa shape index (κ2) is 11.3. The first kappa shape index (κ1) is 25.7. The van der Waals surface area contributed by atoms with E-state index in [0.29, 0.717) is 5.56 Å². The second-order valence-electron chi connectivity index (χ2n) is 9.68. The molecule has 0 aliphatic rings. The third kappa shape index (κ3) is 6.04. The maximum absolute atomic E-state index is 12.9. The molecular formula is C34H26N2O5. The number of carbonyl (C=O) groups excluding carboxylic acids is 2. The molecular weight excluding hydrogens is 516 g/mol. The van der Waals surface area contributed by atoms with Gasteiger partial charge in [0.2, 0.25) is 0 Å². The lowest BCUT2D eigenvalue weighted by Crippen LogP contribution is -2.13. The van der Waals surface area contributed by atoms with E-state index in [9.17, 15) is 14.7 Å². The molecule has 4 aromatic carbocycles. The van der Waals surface area contributed by atoms with Crippen molar-refractivity contribution in [3.05, 3.63) is 126 Å². The number of phenolic OH excluding ortho intramolecular Hbond substituents is 1. The van der Waals surface area contributed by atoms with Gasteiger partial charge in [-0.3, -0.25) is 9.59 Å². The quantitative estimate of drug-likeness (QED) is 0.111. The fraction of sp³-hybridized carbons (Fsp3) is 0.0588. The Morgan fingerprint density at radius 2 is 1.12 bits per heavy atom. The van der Waals surface area contributed by atoms with Crippen LogP contribution in [0.2, 0.25) is 0 Å². The topological polar surface area (TPSA) is 104 Å². The highest BCUT2D eigenvalue weighted by molar-refractivity contribution is 5.89. The van der Waals surface area contributed by atoms with Gasteiger partial charge < -0.3 is 24.5 Å². The van der Waals surface area contributed by atoms with Crippen molar-refractivity contribution in [3.8, 4) is 17.2 Å². The number of hydrogen-bond donors (Lipinski definition) is 3. The zero-order valence-corrected chi connectivity index (χ0v) is 22.0. The van der Waals surface area contributed by atoms with Crippen LogP contribution < -0.4 is 9.47 Å². The normalized spacial score (nSPS) is 11.3. The van der Waals surface area contributed by atoms with E-state index in [4.69, 9.17) is 9.47 Å². The molecule has 6 aromatic rings. The zero-order chi connectivity index (χ0) is 28.2. The highest BCUT2D eigenvalue weighted by Gasteiger charge is 2.15. The van der Waals surface area contributed by atoms with Gasteiger partial charge in [0.15, 0.2) is 0 Å². The van der Waals surface area contributed by atoms with Crippen LogP contribution in [0.5, 0.6) is 17.2 Å². The molecule has 0 amide bonds. The van der Waals surface area contributed by atoms with Crippen LogP contribution >= 0.6 is 0 Å². The van der Waals surface area contributed by atoms with Gasteiger partial charge in [-0.2, -0.15) is 0 Å². The van der Waals surface area contributed by atoms with Gasteiger partial charge in [-0.1, -0.05) is 60.7 Å².